The highest BCUT2D eigenvalue weighted by atomic mass is 32.2. The fourth-order valence-corrected chi connectivity index (χ4v) is 5.18. The zero-order chi connectivity index (χ0) is 22.1. The Balaban J connectivity index is 2.05. The molecule has 1 aromatic carbocycles. The summed E-state index contributed by atoms with van der Waals surface area (Å²) in [5.41, 5.74) is -1.78. The van der Waals surface area contributed by atoms with Crippen molar-refractivity contribution in [1.29, 1.82) is 0 Å². The molecule has 164 valence electrons. The molecule has 1 fully saturated rings. The van der Waals surface area contributed by atoms with Gasteiger partial charge >= 0.3 is 6.09 Å². The molecule has 8 nitrogen and oxygen atoms in total. The molecule has 0 spiro atoms. The lowest BCUT2D eigenvalue weighted by atomic mass is 9.68. The van der Waals surface area contributed by atoms with Crippen molar-refractivity contribution in [2.24, 2.45) is 10.9 Å². The third kappa shape index (κ3) is 4.75. The van der Waals surface area contributed by atoms with Crippen LogP contribution in [0.2, 0.25) is 0 Å². The number of rotatable bonds is 3. The number of thioether (sulfide) groups is 1. The number of fused-ring (bicyclic) bond motifs is 1. The standard InChI is InChI=1S/C20H26FN3O5S/c1-19(2,3)29-18(25)22-17-23-20(10-14(28-4)7-5-12(20)11-30-17)15-9-13(24(26)27)6-8-16(15)21/h6,8-9,12,14H,5,7,10-11H2,1-4H3,(H,22,23,25)/t12-,14-,20-/m0/s1. The number of nitro benzene ring substituents is 1. The van der Waals surface area contributed by atoms with Gasteiger partial charge in [-0.25, -0.2) is 9.18 Å². The van der Waals surface area contributed by atoms with Gasteiger partial charge in [0.2, 0.25) is 0 Å². The van der Waals surface area contributed by atoms with E-state index >= 15 is 0 Å². The summed E-state index contributed by atoms with van der Waals surface area (Å²) < 4.78 is 25.8. The van der Waals surface area contributed by atoms with Gasteiger partial charge in [-0.3, -0.25) is 20.4 Å². The molecule has 10 heteroatoms. The highest BCUT2D eigenvalue weighted by Crippen LogP contribution is 2.51. The summed E-state index contributed by atoms with van der Waals surface area (Å²) in [6.45, 7) is 5.26. The molecular formula is C20H26FN3O5S. The normalized spacial score (nSPS) is 26.4. The molecular weight excluding hydrogens is 413 g/mol. The van der Waals surface area contributed by atoms with Crippen molar-refractivity contribution in [1.82, 2.24) is 5.32 Å². The Hall–Kier alpha value is -2.20. The van der Waals surface area contributed by atoms with Crippen LogP contribution in [0.4, 0.5) is 14.9 Å². The van der Waals surface area contributed by atoms with Crippen molar-refractivity contribution in [3.05, 3.63) is 39.7 Å². The van der Waals surface area contributed by atoms with Crippen molar-refractivity contribution in [2.75, 3.05) is 12.9 Å². The maximum absolute atomic E-state index is 15.0. The van der Waals surface area contributed by atoms with Crippen LogP contribution in [-0.2, 0) is 15.0 Å². The van der Waals surface area contributed by atoms with Crippen molar-refractivity contribution < 1.29 is 23.6 Å². The third-order valence-corrected chi connectivity index (χ3v) is 6.38. The van der Waals surface area contributed by atoms with Gasteiger partial charge < -0.3 is 9.47 Å². The van der Waals surface area contributed by atoms with Crippen LogP contribution in [0.15, 0.2) is 23.2 Å². The predicted molar refractivity (Wildman–Crippen MR) is 112 cm³/mol. The van der Waals surface area contributed by atoms with Gasteiger partial charge in [0.1, 0.15) is 11.4 Å². The maximum atomic E-state index is 15.0. The lowest BCUT2D eigenvalue weighted by Gasteiger charge is -2.46. The first-order chi connectivity index (χ1) is 14.0. The molecule has 1 N–H and O–H groups in total. The minimum absolute atomic E-state index is 0.0467. The number of amides is 1. The van der Waals surface area contributed by atoms with E-state index in [0.717, 1.165) is 25.0 Å². The molecule has 1 heterocycles. The Kier molecular flexibility index (Phi) is 6.37. The van der Waals surface area contributed by atoms with Crippen LogP contribution in [0.5, 0.6) is 0 Å². The molecule has 0 radical (unpaired) electrons. The summed E-state index contributed by atoms with van der Waals surface area (Å²) in [6.07, 6.45) is 1.07. The Morgan fingerprint density at radius 2 is 2.13 bits per heavy atom. The first kappa shape index (κ1) is 22.5. The summed E-state index contributed by atoms with van der Waals surface area (Å²) in [5, 5.41) is 14.3. The quantitative estimate of drug-likeness (QED) is 0.554. The van der Waals surface area contributed by atoms with Crippen LogP contribution in [0.25, 0.3) is 0 Å². The number of carbonyl (C=O) groups is 1. The molecule has 0 saturated heterocycles. The number of benzene rings is 1. The smallest absolute Gasteiger partial charge is 0.413 e. The summed E-state index contributed by atoms with van der Waals surface area (Å²) in [7, 11) is 1.59. The van der Waals surface area contributed by atoms with Gasteiger partial charge in [-0.2, -0.15) is 0 Å². The van der Waals surface area contributed by atoms with E-state index in [-0.39, 0.29) is 23.3 Å². The van der Waals surface area contributed by atoms with Gasteiger partial charge in [-0.15, -0.1) is 0 Å². The zero-order valence-corrected chi connectivity index (χ0v) is 18.3. The number of nitrogens with zero attached hydrogens (tertiary/aromatic N) is 2. The van der Waals surface area contributed by atoms with Gasteiger partial charge in [-0.1, -0.05) is 11.8 Å². The minimum Gasteiger partial charge on any atom is -0.444 e. The van der Waals surface area contributed by atoms with Crippen LogP contribution >= 0.6 is 11.8 Å². The summed E-state index contributed by atoms with van der Waals surface area (Å²) in [5.74, 6) is -0.0167. The highest BCUT2D eigenvalue weighted by Gasteiger charge is 2.50. The van der Waals surface area contributed by atoms with E-state index in [1.54, 1.807) is 27.9 Å². The second kappa shape index (κ2) is 8.50. The third-order valence-electron chi connectivity index (χ3n) is 5.34. The Morgan fingerprint density at radius 3 is 2.77 bits per heavy atom. The van der Waals surface area contributed by atoms with Crippen molar-refractivity contribution in [3.8, 4) is 0 Å². The predicted octanol–water partition coefficient (Wildman–Crippen LogP) is 4.37. The Labute approximate surface area is 178 Å². The van der Waals surface area contributed by atoms with E-state index in [4.69, 9.17) is 14.5 Å². The Morgan fingerprint density at radius 1 is 1.40 bits per heavy atom. The van der Waals surface area contributed by atoms with Crippen LogP contribution in [0, 0.1) is 21.8 Å². The number of aliphatic imine (C=N–C) groups is 1. The van der Waals surface area contributed by atoms with Gasteiger partial charge in [-0.05, 0) is 45.6 Å². The van der Waals surface area contributed by atoms with E-state index in [1.165, 1.54) is 17.8 Å². The topological polar surface area (TPSA) is 103 Å². The number of hydrogen-bond acceptors (Lipinski definition) is 7. The number of alkyl carbamates (subject to hydrolysis) is 1. The maximum Gasteiger partial charge on any atom is 0.413 e. The first-order valence-electron chi connectivity index (χ1n) is 9.74. The fraction of sp³-hybridized carbons (Fsp3) is 0.600. The van der Waals surface area contributed by atoms with Gasteiger partial charge in [0.05, 0.1) is 16.6 Å². The summed E-state index contributed by atoms with van der Waals surface area (Å²) >= 11 is 1.36. The molecule has 1 aliphatic heterocycles. The van der Waals surface area contributed by atoms with Gasteiger partial charge in [0.15, 0.2) is 5.17 Å². The minimum atomic E-state index is -1.06. The Bertz CT molecular complexity index is 872. The lowest BCUT2D eigenvalue weighted by molar-refractivity contribution is -0.385. The molecule has 3 rings (SSSR count). The van der Waals surface area contributed by atoms with E-state index < -0.39 is 28.0 Å². The number of nitro groups is 1. The SMILES string of the molecule is CO[C@H]1CC[C@H]2CSC(NC(=O)OC(C)(C)C)=N[C@@]2(c2cc([N+](=O)[O-])ccc2F)C1. The lowest BCUT2D eigenvalue weighted by Crippen LogP contribution is -2.48. The number of halogens is 1. The number of carbonyl (C=O) groups excluding carboxylic acids is 1. The number of amidine groups is 1. The molecule has 30 heavy (non-hydrogen) atoms. The molecule has 1 aromatic rings. The average molecular weight is 440 g/mol. The molecule has 0 unspecified atom stereocenters. The number of methoxy groups -OCH3 is 1. The zero-order valence-electron chi connectivity index (χ0n) is 17.4. The van der Waals surface area contributed by atoms with Gasteiger partial charge in [0.25, 0.3) is 5.69 Å². The van der Waals surface area contributed by atoms with Crippen LogP contribution in [-0.4, -0.2) is 40.8 Å². The highest BCUT2D eigenvalue weighted by molar-refractivity contribution is 8.13. The van der Waals surface area contributed by atoms with Crippen LogP contribution < -0.4 is 5.32 Å². The number of hydrogen-bond donors (Lipinski definition) is 1. The van der Waals surface area contributed by atoms with E-state index in [0.29, 0.717) is 17.3 Å². The molecule has 2 aliphatic rings. The van der Waals surface area contributed by atoms with Crippen molar-refractivity contribution in [3.63, 3.8) is 0 Å². The number of nitrogens with one attached hydrogen (secondary N) is 1. The number of non-ortho nitro benzene ring substituents is 1. The van der Waals surface area contributed by atoms with Crippen LogP contribution in [0.1, 0.15) is 45.6 Å². The molecule has 0 aromatic heterocycles. The van der Waals surface area contributed by atoms with E-state index in [1.807, 2.05) is 0 Å². The van der Waals surface area contributed by atoms with E-state index in [2.05, 4.69) is 5.32 Å². The summed E-state index contributed by atoms with van der Waals surface area (Å²) in [4.78, 5) is 27.8. The second-order valence-electron chi connectivity index (χ2n) is 8.54. The van der Waals surface area contributed by atoms with Crippen molar-refractivity contribution >= 4 is 28.7 Å². The van der Waals surface area contributed by atoms with Crippen LogP contribution in [0.3, 0.4) is 0 Å². The fourth-order valence-electron chi connectivity index (χ4n) is 4.00. The largest absolute Gasteiger partial charge is 0.444 e. The monoisotopic (exact) mass is 439 g/mol. The molecule has 1 saturated carbocycles. The van der Waals surface area contributed by atoms with E-state index in [9.17, 15) is 19.3 Å². The molecule has 1 amide bonds. The first-order valence-corrected chi connectivity index (χ1v) is 10.7. The number of ether oxygens (including phenoxy) is 2. The van der Waals surface area contributed by atoms with Crippen molar-refractivity contribution in [2.45, 2.75) is 57.3 Å². The average Bonchev–Trinajstić information content (AvgIpc) is 2.65. The van der Waals surface area contributed by atoms with Gasteiger partial charge in [0, 0.05) is 37.0 Å². The second-order valence-corrected chi connectivity index (χ2v) is 9.55. The summed E-state index contributed by atoms with van der Waals surface area (Å²) in [6, 6.07) is 3.50. The molecule has 3 atom stereocenters. The molecule has 0 bridgehead atoms. The molecule has 1 aliphatic carbocycles.